The normalized spacial score (nSPS) is 13.1. The average Bonchev–Trinajstić information content (AvgIpc) is 3.11. The van der Waals surface area contributed by atoms with E-state index in [1.807, 2.05) is 0 Å². The van der Waals surface area contributed by atoms with Crippen LogP contribution in [0.1, 0.15) is 332 Å². The van der Waals surface area contributed by atoms with Crippen LogP contribution in [0.2, 0.25) is 133 Å². The number of rotatable bonds is 0. The Morgan fingerprint density at radius 2 is 0.114 bits per heavy atom. The molecule has 520 valence electrons. The van der Waals surface area contributed by atoms with E-state index in [1.54, 1.807) is 0 Å². The minimum atomic E-state index is -0.221. The van der Waals surface area contributed by atoms with Gasteiger partial charge in [-0.2, -0.15) is 0 Å². The first-order chi connectivity index (χ1) is 33.2. The van der Waals surface area contributed by atoms with Gasteiger partial charge in [-0.15, -0.1) is 0 Å². The molecule has 0 saturated carbocycles. The predicted octanol–water partition coefficient (Wildman–Crippen LogP) is 26.6. The average molecular weight is 1840 g/mol. The fourth-order valence-electron chi connectivity index (χ4n) is 9.00. The zero-order valence-corrected chi connectivity index (χ0v) is 96.8. The molecule has 0 aromatic heterocycles. The topological polar surface area (TPSA) is 0 Å². The van der Waals surface area contributed by atoms with Crippen molar-refractivity contribution in [1.82, 2.24) is 0 Å². The van der Waals surface area contributed by atoms with Gasteiger partial charge in [-0.25, -0.2) is 0 Å². The van der Waals surface area contributed by atoms with Crippen LogP contribution in [0.15, 0.2) is 0 Å². The van der Waals surface area contributed by atoms with E-state index in [9.17, 15) is 0 Å². The smallest absolute Gasteiger partial charge is 0.0561 e. The summed E-state index contributed by atoms with van der Waals surface area (Å²) in [6.07, 6.45) is 0. The molecular formula is C72H168Ge8Si8. The molecule has 0 bridgehead atoms. The van der Waals surface area contributed by atoms with Gasteiger partial charge in [-0.3, -0.25) is 0 Å². The Morgan fingerprint density at radius 3 is 0.114 bits per heavy atom. The SMILES string of the molecule is C[Si](C(C)(C)C)C(C)(C)C.C[Si](C(C)(C)C)C(C)(C)C.C[Si](C(C)(C)C)C(C)(C)C.C[Si](C(C)(C)C)C(C)(C)C.C[Si](C(C)(C)C)C(C)(C)C.C[Si](C(C)(C)C)C(C)(C)C.C[Si](C(C)(C)C)C(C)(C)C.C[Si](C(C)(C)C)C(C)(C)C.[Ge].[Ge].[Ge].[Ge].[Ge].[Ge].[Ge].[Ge]. The van der Waals surface area contributed by atoms with Crippen LogP contribution in [0, 0.1) is 0 Å². The molecule has 0 heterocycles. The van der Waals surface area contributed by atoms with E-state index in [-0.39, 0.29) is 211 Å². The first-order valence-electron chi connectivity index (χ1n) is 32.0. The van der Waals surface area contributed by atoms with E-state index in [1.165, 1.54) is 0 Å². The van der Waals surface area contributed by atoms with E-state index >= 15 is 0 Å². The molecule has 0 rings (SSSR count). The largest absolute Gasteiger partial charge is 0.0703 e. The molecule has 0 aliphatic carbocycles. The number of hydrogen-bond acceptors (Lipinski definition) is 0. The molecule has 0 N–H and O–H groups in total. The van der Waals surface area contributed by atoms with Crippen LogP contribution in [0.4, 0.5) is 0 Å². The third-order valence-corrected chi connectivity index (χ3v) is 54.0. The molecule has 0 saturated heterocycles. The molecule has 0 aromatic carbocycles. The molecule has 0 nitrogen and oxygen atoms in total. The van der Waals surface area contributed by atoms with Crippen molar-refractivity contribution in [3.8, 4) is 0 Å². The summed E-state index contributed by atoms with van der Waals surface area (Å²) in [4.78, 5) is 0. The van der Waals surface area contributed by atoms with Gasteiger partial charge < -0.3 is 0 Å². The van der Waals surface area contributed by atoms with Crippen molar-refractivity contribution in [3.05, 3.63) is 0 Å². The second-order valence-electron chi connectivity index (χ2n) is 41.0. The van der Waals surface area contributed by atoms with Crippen molar-refractivity contribution >= 4 is 211 Å². The van der Waals surface area contributed by atoms with Crippen molar-refractivity contribution in [2.24, 2.45) is 0 Å². The zero-order valence-electron chi connectivity index (χ0n) is 72.0. The summed E-state index contributed by atoms with van der Waals surface area (Å²) in [6.45, 7) is 132. The minimum absolute atomic E-state index is 0. The Morgan fingerprint density at radius 1 is 0.0909 bits per heavy atom. The maximum atomic E-state index is 2.44. The Hall–Kier alpha value is 6.08. The maximum Gasteiger partial charge on any atom is 0.0561 e. The van der Waals surface area contributed by atoms with Gasteiger partial charge in [0, 0.05) is 141 Å². The summed E-state index contributed by atoms with van der Waals surface area (Å²) < 4.78 is 0. The van der Waals surface area contributed by atoms with Gasteiger partial charge >= 0.3 is 0 Å². The monoisotopic (exact) mass is 1850 g/mol. The summed E-state index contributed by atoms with van der Waals surface area (Å²) in [6, 6.07) is 0. The molecular weight excluding hydrogens is 1670 g/mol. The summed E-state index contributed by atoms with van der Waals surface area (Å²) in [5.74, 6) is 0. The van der Waals surface area contributed by atoms with Crippen LogP contribution >= 0.6 is 0 Å². The van der Waals surface area contributed by atoms with E-state index < -0.39 is 0 Å². The van der Waals surface area contributed by atoms with Gasteiger partial charge in [0.1, 0.15) is 0 Å². The Balaban J connectivity index is -0.0000000475. The minimum Gasteiger partial charge on any atom is -0.0703 e. The second-order valence-corrected chi connectivity index (χ2v) is 75.0. The molecule has 0 aliphatic rings. The third-order valence-electron chi connectivity index (χ3n) is 18.0. The van der Waals surface area contributed by atoms with Gasteiger partial charge in [0.05, 0.1) is 70.4 Å². The standard InChI is InChI=1S/8C9H21Si.8Ge/c8*1-8(2,3)10(7)9(4,5)6;;;;;;;;/h8*1-7H3;;;;;;;;. The number of hydrogen-bond donors (Lipinski definition) is 0. The molecule has 0 aliphatic heterocycles. The van der Waals surface area contributed by atoms with Crippen LogP contribution < -0.4 is 0 Å². The van der Waals surface area contributed by atoms with Gasteiger partial charge in [-0.1, -0.05) is 385 Å². The van der Waals surface area contributed by atoms with Crippen LogP contribution in [-0.2, 0) is 0 Å². The van der Waals surface area contributed by atoms with Crippen LogP contribution in [0.5, 0.6) is 0 Å². The van der Waals surface area contributed by atoms with Crippen LogP contribution in [0.3, 0.4) is 0 Å². The van der Waals surface area contributed by atoms with Crippen LogP contribution in [0.25, 0.3) is 0 Å². The molecule has 88 heavy (non-hydrogen) atoms. The van der Waals surface area contributed by atoms with Gasteiger partial charge in [0.25, 0.3) is 0 Å². The maximum absolute atomic E-state index is 2.44. The van der Waals surface area contributed by atoms with Gasteiger partial charge in [0.2, 0.25) is 0 Å². The van der Waals surface area contributed by atoms with E-state index in [0.29, 0.717) is 80.6 Å². The van der Waals surface area contributed by atoms with Crippen molar-refractivity contribution in [1.29, 1.82) is 0 Å². The van der Waals surface area contributed by atoms with E-state index in [2.05, 4.69) is 385 Å². The molecule has 0 amide bonds. The van der Waals surface area contributed by atoms with E-state index in [4.69, 9.17) is 0 Å². The van der Waals surface area contributed by atoms with Gasteiger partial charge in [0.15, 0.2) is 0 Å². The quantitative estimate of drug-likeness (QED) is 0.212. The van der Waals surface area contributed by atoms with Crippen LogP contribution in [-0.4, -0.2) is 211 Å². The zero-order chi connectivity index (χ0) is 68.6. The second kappa shape index (κ2) is 49.6. The van der Waals surface area contributed by atoms with E-state index in [0.717, 1.165) is 0 Å². The summed E-state index contributed by atoms with van der Waals surface area (Å²) in [5, 5.41) is 8.71. The molecule has 0 atom stereocenters. The molecule has 16 heteroatoms. The van der Waals surface area contributed by atoms with Crippen molar-refractivity contribution in [2.45, 2.75) is 465 Å². The fraction of sp³-hybridized carbons (Fsp3) is 1.00. The molecule has 0 spiro atoms. The van der Waals surface area contributed by atoms with Crippen molar-refractivity contribution in [3.63, 3.8) is 0 Å². The Kier molecular flexibility index (Phi) is 75.4. The fourth-order valence-corrected chi connectivity index (χ4v) is 27.0. The third kappa shape index (κ3) is 73.3. The van der Waals surface area contributed by atoms with Crippen molar-refractivity contribution in [2.75, 3.05) is 0 Å². The van der Waals surface area contributed by atoms with Crippen molar-refractivity contribution < 1.29 is 0 Å². The first kappa shape index (κ1) is 134. The predicted molar refractivity (Wildman–Crippen MR) is 454 cm³/mol. The molecule has 0 fully saturated rings. The molecule has 0 unspecified atom stereocenters. The Bertz CT molecular complexity index is 1110. The Labute approximate surface area is 668 Å². The summed E-state index contributed by atoms with van der Waals surface area (Å²) >= 11 is 0. The molecule has 40 radical (unpaired) electrons. The summed E-state index contributed by atoms with van der Waals surface area (Å²) in [5.41, 5.74) is 0. The summed E-state index contributed by atoms with van der Waals surface area (Å²) in [7, 11) is -1.77. The first-order valence-corrected chi connectivity index (χ1v) is 48.0. The van der Waals surface area contributed by atoms with Gasteiger partial charge in [-0.05, 0) is 80.6 Å². The molecule has 0 aromatic rings.